The number of nitriles is 1. The van der Waals surface area contributed by atoms with Crippen LogP contribution in [0.15, 0.2) is 66.7 Å². The molecule has 0 aliphatic heterocycles. The van der Waals surface area contributed by atoms with E-state index in [0.29, 0.717) is 24.5 Å². The van der Waals surface area contributed by atoms with Crippen molar-refractivity contribution in [2.75, 3.05) is 5.32 Å². The number of anilines is 1. The molecule has 4 rings (SSSR count). The predicted octanol–water partition coefficient (Wildman–Crippen LogP) is 6.88. The van der Waals surface area contributed by atoms with E-state index in [1.807, 2.05) is 12.1 Å². The molecule has 0 spiro atoms. The lowest BCUT2D eigenvalue weighted by molar-refractivity contribution is -0.142. The Hall–Kier alpha value is -3.70. The second kappa shape index (κ2) is 10.7. The van der Waals surface area contributed by atoms with Gasteiger partial charge in [0.25, 0.3) is 5.91 Å². The first-order valence-electron chi connectivity index (χ1n) is 12.1. The number of nitrogens with zero attached hydrogens (tertiary/aromatic N) is 1. The molecule has 3 aromatic rings. The van der Waals surface area contributed by atoms with E-state index in [2.05, 4.69) is 5.32 Å². The van der Waals surface area contributed by atoms with Gasteiger partial charge in [0.2, 0.25) is 0 Å². The fraction of sp³-hybridized carbons (Fsp3) is 0.310. The Morgan fingerprint density at radius 1 is 0.973 bits per heavy atom. The summed E-state index contributed by atoms with van der Waals surface area (Å²) < 4.78 is 53.6. The van der Waals surface area contributed by atoms with Gasteiger partial charge < -0.3 is 10.4 Å². The molecule has 0 aromatic heterocycles. The van der Waals surface area contributed by atoms with Gasteiger partial charge in [0.1, 0.15) is 11.4 Å². The van der Waals surface area contributed by atoms with E-state index < -0.39 is 28.8 Å². The van der Waals surface area contributed by atoms with Gasteiger partial charge in [0.15, 0.2) is 0 Å². The molecular formula is C29H26F4N2O2. The van der Waals surface area contributed by atoms with Crippen molar-refractivity contribution in [3.63, 3.8) is 0 Å². The summed E-state index contributed by atoms with van der Waals surface area (Å²) >= 11 is 0. The van der Waals surface area contributed by atoms with Crippen LogP contribution in [-0.4, -0.2) is 16.6 Å². The molecule has 8 heteroatoms. The molecule has 0 heterocycles. The monoisotopic (exact) mass is 510 g/mol. The topological polar surface area (TPSA) is 73.1 Å². The maximum Gasteiger partial charge on any atom is 0.417 e. The van der Waals surface area contributed by atoms with Crippen molar-refractivity contribution in [1.29, 1.82) is 5.26 Å². The van der Waals surface area contributed by atoms with Crippen LogP contribution in [-0.2, 0) is 17.4 Å². The van der Waals surface area contributed by atoms with Crippen LogP contribution >= 0.6 is 0 Å². The Kier molecular flexibility index (Phi) is 7.65. The second-order valence-corrected chi connectivity index (χ2v) is 9.47. The molecule has 37 heavy (non-hydrogen) atoms. The molecular weight excluding hydrogens is 484 g/mol. The average Bonchev–Trinajstić information content (AvgIpc) is 2.89. The van der Waals surface area contributed by atoms with E-state index in [1.54, 1.807) is 24.3 Å². The second-order valence-electron chi connectivity index (χ2n) is 9.47. The molecule has 0 bridgehead atoms. The minimum absolute atomic E-state index is 0.0407. The first-order valence-corrected chi connectivity index (χ1v) is 12.1. The number of carbonyl (C=O) groups excluding carboxylic acids is 1. The molecule has 1 saturated carbocycles. The molecule has 1 amide bonds. The Bertz CT molecular complexity index is 1310. The van der Waals surface area contributed by atoms with E-state index in [4.69, 9.17) is 5.26 Å². The number of hydrogen-bond acceptors (Lipinski definition) is 3. The first kappa shape index (κ1) is 26.4. The highest BCUT2D eigenvalue weighted by atomic mass is 19.4. The van der Waals surface area contributed by atoms with E-state index in [9.17, 15) is 27.5 Å². The van der Waals surface area contributed by atoms with Gasteiger partial charge in [-0.25, -0.2) is 4.39 Å². The standard InChI is InChI=1S/C29H26F4N2O2/c30-24-12-9-20(10-13-24)21-6-4-5-19(15-21)17-28(37,23-7-2-1-3-8-23)27(36)35-25-14-11-22(18-34)26(16-25)29(31,32)33/h4-6,9-16,23,37H,1-3,7-8,17H2,(H,35,36). The van der Waals surface area contributed by atoms with Crippen molar-refractivity contribution >= 4 is 11.6 Å². The fourth-order valence-corrected chi connectivity index (χ4v) is 5.00. The van der Waals surface area contributed by atoms with Crippen LogP contribution in [0.3, 0.4) is 0 Å². The molecule has 4 nitrogen and oxygen atoms in total. The number of alkyl halides is 3. The summed E-state index contributed by atoms with van der Waals surface area (Å²) in [7, 11) is 0. The van der Waals surface area contributed by atoms with E-state index in [0.717, 1.165) is 36.5 Å². The number of amides is 1. The maximum atomic E-state index is 13.5. The van der Waals surface area contributed by atoms with Crippen molar-refractivity contribution < 1.29 is 27.5 Å². The maximum absolute atomic E-state index is 13.5. The molecule has 1 fully saturated rings. The zero-order chi connectivity index (χ0) is 26.6. The van der Waals surface area contributed by atoms with Gasteiger partial charge in [-0.1, -0.05) is 55.7 Å². The van der Waals surface area contributed by atoms with Gasteiger partial charge >= 0.3 is 6.18 Å². The number of nitrogens with one attached hydrogen (secondary N) is 1. The first-order chi connectivity index (χ1) is 17.6. The van der Waals surface area contributed by atoms with Crippen molar-refractivity contribution in [1.82, 2.24) is 0 Å². The lowest BCUT2D eigenvalue weighted by Gasteiger charge is -2.37. The molecule has 1 unspecified atom stereocenters. The van der Waals surface area contributed by atoms with Gasteiger partial charge in [-0.2, -0.15) is 18.4 Å². The van der Waals surface area contributed by atoms with Crippen LogP contribution in [0.4, 0.5) is 23.2 Å². The Morgan fingerprint density at radius 2 is 1.68 bits per heavy atom. The predicted molar refractivity (Wildman–Crippen MR) is 132 cm³/mol. The number of hydrogen-bond donors (Lipinski definition) is 2. The summed E-state index contributed by atoms with van der Waals surface area (Å²) in [5, 5.41) is 23.3. The third kappa shape index (κ3) is 6.00. The van der Waals surface area contributed by atoms with Gasteiger partial charge in [0, 0.05) is 12.1 Å². The van der Waals surface area contributed by atoms with Crippen LogP contribution < -0.4 is 5.32 Å². The summed E-state index contributed by atoms with van der Waals surface area (Å²) in [4.78, 5) is 13.5. The summed E-state index contributed by atoms with van der Waals surface area (Å²) in [6, 6.07) is 17.6. The normalized spacial score (nSPS) is 16.0. The molecule has 192 valence electrons. The van der Waals surface area contributed by atoms with Gasteiger partial charge in [-0.3, -0.25) is 4.79 Å². The SMILES string of the molecule is N#Cc1ccc(NC(=O)C(O)(Cc2cccc(-c3ccc(F)cc3)c2)C2CCCCC2)cc1C(F)(F)F. The van der Waals surface area contributed by atoms with Crippen molar-refractivity contribution in [2.24, 2.45) is 5.92 Å². The number of benzene rings is 3. The van der Waals surface area contributed by atoms with Crippen LogP contribution in [0, 0.1) is 23.1 Å². The quantitative estimate of drug-likeness (QED) is 0.355. The zero-order valence-electron chi connectivity index (χ0n) is 20.0. The lowest BCUT2D eigenvalue weighted by atomic mass is 9.73. The third-order valence-electron chi connectivity index (χ3n) is 6.96. The van der Waals surface area contributed by atoms with E-state index in [-0.39, 0.29) is 23.8 Å². The number of halogens is 4. The fourth-order valence-electron chi connectivity index (χ4n) is 5.00. The summed E-state index contributed by atoms with van der Waals surface area (Å²) in [5.74, 6) is -1.53. The molecule has 1 aliphatic carbocycles. The summed E-state index contributed by atoms with van der Waals surface area (Å²) in [6.07, 6.45) is -0.923. The Labute approximate surface area is 212 Å². The van der Waals surface area contributed by atoms with Gasteiger partial charge in [0.05, 0.1) is 17.2 Å². The molecule has 0 radical (unpaired) electrons. The Morgan fingerprint density at radius 3 is 2.32 bits per heavy atom. The zero-order valence-corrected chi connectivity index (χ0v) is 20.0. The molecule has 3 aromatic carbocycles. The van der Waals surface area contributed by atoms with Crippen molar-refractivity contribution in [2.45, 2.75) is 50.3 Å². The smallest absolute Gasteiger partial charge is 0.379 e. The minimum atomic E-state index is -4.77. The van der Waals surface area contributed by atoms with Crippen LogP contribution in [0.1, 0.15) is 48.8 Å². The van der Waals surface area contributed by atoms with Crippen molar-refractivity contribution in [3.05, 3.63) is 89.2 Å². The highest BCUT2D eigenvalue weighted by Gasteiger charge is 2.44. The molecule has 0 saturated heterocycles. The summed E-state index contributed by atoms with van der Waals surface area (Å²) in [6.45, 7) is 0. The van der Waals surface area contributed by atoms with Crippen LogP contribution in [0.2, 0.25) is 0 Å². The highest BCUT2D eigenvalue weighted by Crippen LogP contribution is 2.38. The van der Waals surface area contributed by atoms with E-state index in [1.165, 1.54) is 24.3 Å². The molecule has 1 aliphatic rings. The average molecular weight is 511 g/mol. The van der Waals surface area contributed by atoms with Gasteiger partial charge in [-0.15, -0.1) is 0 Å². The highest BCUT2D eigenvalue weighted by molar-refractivity contribution is 5.97. The minimum Gasteiger partial charge on any atom is -0.379 e. The lowest BCUT2D eigenvalue weighted by Crippen LogP contribution is -2.51. The molecule has 2 N–H and O–H groups in total. The largest absolute Gasteiger partial charge is 0.417 e. The van der Waals surface area contributed by atoms with Crippen molar-refractivity contribution in [3.8, 4) is 17.2 Å². The van der Waals surface area contributed by atoms with Crippen LogP contribution in [0.5, 0.6) is 0 Å². The Balaban J connectivity index is 1.65. The van der Waals surface area contributed by atoms with Gasteiger partial charge in [-0.05, 0) is 65.8 Å². The van der Waals surface area contributed by atoms with E-state index >= 15 is 0 Å². The summed E-state index contributed by atoms with van der Waals surface area (Å²) in [5.41, 5.74) is -1.50. The third-order valence-corrected chi connectivity index (χ3v) is 6.96. The number of aliphatic hydroxyl groups is 1. The number of carbonyl (C=O) groups is 1. The van der Waals surface area contributed by atoms with Crippen LogP contribution in [0.25, 0.3) is 11.1 Å². The molecule has 1 atom stereocenters. The number of rotatable bonds is 6.